The van der Waals surface area contributed by atoms with Crippen LogP contribution in [-0.4, -0.2) is 59.9 Å². The number of ether oxygens (including phenoxy) is 1. The maximum absolute atomic E-state index is 11.6. The summed E-state index contributed by atoms with van der Waals surface area (Å²) in [4.78, 5) is 14.3. The van der Waals surface area contributed by atoms with Gasteiger partial charge in [-0.15, -0.1) is 0 Å². The minimum absolute atomic E-state index is 0.0532. The van der Waals surface area contributed by atoms with Crippen LogP contribution >= 0.6 is 0 Å². The smallest absolute Gasteiger partial charge is 0.335 e. The number of carboxylic acids is 1. The fourth-order valence-corrected chi connectivity index (χ4v) is 14.8. The number of rotatable bonds is 7. The van der Waals surface area contributed by atoms with Gasteiger partial charge in [0.2, 0.25) is 0 Å². The Labute approximate surface area is 291 Å². The molecule has 2 saturated heterocycles. The van der Waals surface area contributed by atoms with Gasteiger partial charge in [0.25, 0.3) is 0 Å². The van der Waals surface area contributed by atoms with Gasteiger partial charge in [-0.2, -0.15) is 0 Å². The molecule has 1 aromatic rings. The molecular weight excluding hydrogens is 592 g/mol. The Morgan fingerprint density at radius 2 is 1.73 bits per heavy atom. The van der Waals surface area contributed by atoms with Gasteiger partial charge >= 0.3 is 5.97 Å². The van der Waals surface area contributed by atoms with Crippen LogP contribution in [0.3, 0.4) is 0 Å². The van der Waals surface area contributed by atoms with Crippen molar-refractivity contribution in [3.8, 4) is 0 Å². The number of allylic oxidation sites excluding steroid dienone is 2. The first-order chi connectivity index (χ1) is 22.7. The maximum atomic E-state index is 11.6. The normalized spacial score (nSPS) is 46.1. The Balaban J connectivity index is 1.06. The summed E-state index contributed by atoms with van der Waals surface area (Å²) in [5, 5.41) is 13.9. The Morgan fingerprint density at radius 1 is 0.958 bits per heavy atom. The second-order valence-electron chi connectivity index (χ2n) is 19.5. The fraction of sp³-hybridized carbons (Fsp3) is 0.791. The average Bonchev–Trinajstić information content (AvgIpc) is 3.76. The Hall–Kier alpha value is -1.69. The van der Waals surface area contributed by atoms with Gasteiger partial charge in [-0.05, 0) is 145 Å². The highest BCUT2D eigenvalue weighted by molar-refractivity contribution is 5.88. The van der Waals surface area contributed by atoms with Crippen molar-refractivity contribution in [2.24, 2.45) is 57.2 Å². The Kier molecular flexibility index (Phi) is 7.95. The van der Waals surface area contributed by atoms with E-state index in [0.29, 0.717) is 40.0 Å². The standard InChI is InChI=1S/C43H64N2O3/c1-27(2)32-14-19-43(44-22-23-45-25-31-24-30(45)26-48-31)21-20-41(6)34(37(32)43)12-13-36-40(5)17-15-33(28-8-10-29(11-9-28)38(46)47)39(3,4)35(40)16-18-42(36,41)7/h8-11,15,27,30-32,34-37,44H,12-14,16-26H2,1-7H3,(H,46,47)/t30?,31?,32?,34-,35?,36?,37?,40+,41-,42-,43+/m1/s1. The van der Waals surface area contributed by atoms with Gasteiger partial charge in [0.1, 0.15) is 0 Å². The van der Waals surface area contributed by atoms with Crippen molar-refractivity contribution in [1.29, 1.82) is 0 Å². The highest BCUT2D eigenvalue weighted by atomic mass is 16.5. The highest BCUT2D eigenvalue weighted by Gasteiger charge is 2.70. The lowest BCUT2D eigenvalue weighted by Crippen LogP contribution is -2.68. The van der Waals surface area contributed by atoms with E-state index >= 15 is 0 Å². The largest absolute Gasteiger partial charge is 0.478 e. The number of fused-ring (bicyclic) bond motifs is 9. The molecule has 0 spiro atoms. The van der Waals surface area contributed by atoms with Crippen LogP contribution in [0.2, 0.25) is 0 Å². The number of likely N-dealkylation sites (tertiary alicyclic amines) is 1. The summed E-state index contributed by atoms with van der Waals surface area (Å²) in [5.41, 5.74) is 4.40. The number of aromatic carboxylic acids is 1. The molecule has 48 heavy (non-hydrogen) atoms. The Bertz CT molecular complexity index is 1450. The first-order valence-electron chi connectivity index (χ1n) is 19.9. The summed E-state index contributed by atoms with van der Waals surface area (Å²) in [6.45, 7) is 22.7. The third-order valence-electron chi connectivity index (χ3n) is 17.3. The molecule has 5 nitrogen and oxygen atoms in total. The van der Waals surface area contributed by atoms with Crippen LogP contribution in [0.1, 0.15) is 129 Å². The van der Waals surface area contributed by atoms with Crippen molar-refractivity contribution in [2.75, 3.05) is 26.2 Å². The Morgan fingerprint density at radius 3 is 2.40 bits per heavy atom. The van der Waals surface area contributed by atoms with Gasteiger partial charge in [-0.25, -0.2) is 4.79 Å². The maximum Gasteiger partial charge on any atom is 0.335 e. The van der Waals surface area contributed by atoms with Crippen molar-refractivity contribution < 1.29 is 14.6 Å². The summed E-state index contributed by atoms with van der Waals surface area (Å²) in [6.07, 6.45) is 16.4. The summed E-state index contributed by atoms with van der Waals surface area (Å²) in [6, 6.07) is 8.35. The zero-order valence-electron chi connectivity index (χ0n) is 31.1. The van der Waals surface area contributed by atoms with E-state index in [0.717, 1.165) is 55.7 Å². The predicted octanol–water partition coefficient (Wildman–Crippen LogP) is 8.93. The number of hydrogen-bond donors (Lipinski definition) is 2. The molecule has 5 heteroatoms. The quantitative estimate of drug-likeness (QED) is 0.307. The molecule has 0 aromatic heterocycles. The van der Waals surface area contributed by atoms with Crippen molar-refractivity contribution in [3.05, 3.63) is 41.5 Å². The highest BCUT2D eigenvalue weighted by Crippen LogP contribution is 2.76. The molecule has 2 aliphatic heterocycles. The molecule has 6 fully saturated rings. The number of nitrogens with one attached hydrogen (secondary N) is 1. The van der Waals surface area contributed by atoms with E-state index in [1.165, 1.54) is 75.5 Å². The van der Waals surface area contributed by atoms with E-state index in [9.17, 15) is 9.90 Å². The topological polar surface area (TPSA) is 61.8 Å². The van der Waals surface area contributed by atoms with E-state index in [2.05, 4.69) is 76.9 Å². The second kappa shape index (κ2) is 11.4. The number of nitrogens with zero attached hydrogens (tertiary/aromatic N) is 1. The van der Waals surface area contributed by atoms with E-state index in [1.54, 1.807) is 12.1 Å². The molecule has 8 rings (SSSR count). The van der Waals surface area contributed by atoms with E-state index in [-0.39, 0.29) is 10.8 Å². The number of morpholine rings is 1. The van der Waals surface area contributed by atoms with E-state index in [1.807, 2.05) is 0 Å². The van der Waals surface area contributed by atoms with Crippen LogP contribution in [0.5, 0.6) is 0 Å². The van der Waals surface area contributed by atoms with Crippen LogP contribution in [0.4, 0.5) is 0 Å². The molecule has 2 heterocycles. The van der Waals surface area contributed by atoms with Crippen molar-refractivity contribution in [1.82, 2.24) is 10.2 Å². The molecule has 5 aliphatic carbocycles. The first-order valence-corrected chi connectivity index (χ1v) is 19.9. The molecule has 2 bridgehead atoms. The zero-order valence-corrected chi connectivity index (χ0v) is 31.1. The van der Waals surface area contributed by atoms with Crippen LogP contribution in [0, 0.1) is 57.2 Å². The molecule has 7 aliphatic rings. The average molecular weight is 657 g/mol. The lowest BCUT2D eigenvalue weighted by atomic mass is 9.33. The van der Waals surface area contributed by atoms with Gasteiger partial charge < -0.3 is 15.2 Å². The van der Waals surface area contributed by atoms with Crippen LogP contribution in [0.15, 0.2) is 30.3 Å². The molecule has 1 aromatic carbocycles. The van der Waals surface area contributed by atoms with E-state index in [4.69, 9.17) is 4.74 Å². The SMILES string of the molecule is CC(C)C1CC[C@]2(NCCN3CC4CC3CO4)CC[C@]3(C)[C@H](CCC4[C@@]5(C)CC=C(c6ccc(C(=O)O)cc6)C(C)(C)C5CC[C@]43C)C12. The van der Waals surface area contributed by atoms with Gasteiger partial charge in [0, 0.05) is 31.2 Å². The third-order valence-corrected chi connectivity index (χ3v) is 17.3. The summed E-state index contributed by atoms with van der Waals surface area (Å²) in [5.74, 6) is 3.70. The third kappa shape index (κ3) is 4.68. The minimum Gasteiger partial charge on any atom is -0.478 e. The lowest BCUT2D eigenvalue weighted by molar-refractivity contribution is -0.221. The van der Waals surface area contributed by atoms with Crippen LogP contribution in [-0.2, 0) is 4.74 Å². The van der Waals surface area contributed by atoms with Crippen molar-refractivity contribution in [2.45, 2.75) is 130 Å². The molecule has 0 radical (unpaired) electrons. The fourth-order valence-electron chi connectivity index (χ4n) is 14.8. The predicted molar refractivity (Wildman–Crippen MR) is 194 cm³/mol. The second-order valence-corrected chi connectivity index (χ2v) is 19.5. The van der Waals surface area contributed by atoms with Gasteiger partial charge in [0.15, 0.2) is 0 Å². The molecule has 0 amide bonds. The summed E-state index contributed by atoms with van der Waals surface area (Å²) < 4.78 is 5.91. The van der Waals surface area contributed by atoms with Gasteiger partial charge in [-0.3, -0.25) is 4.90 Å². The number of benzene rings is 1. The van der Waals surface area contributed by atoms with Crippen LogP contribution in [0.25, 0.3) is 5.57 Å². The molecule has 264 valence electrons. The van der Waals surface area contributed by atoms with Gasteiger partial charge in [-0.1, -0.05) is 66.7 Å². The molecule has 2 N–H and O–H groups in total. The van der Waals surface area contributed by atoms with Gasteiger partial charge in [0.05, 0.1) is 18.3 Å². The minimum atomic E-state index is -0.848. The number of carbonyl (C=O) groups is 1. The lowest BCUT2D eigenvalue weighted by Gasteiger charge is -2.72. The van der Waals surface area contributed by atoms with E-state index < -0.39 is 5.97 Å². The number of carboxylic acid groups (broad SMARTS) is 1. The van der Waals surface area contributed by atoms with Crippen molar-refractivity contribution >= 4 is 11.5 Å². The summed E-state index contributed by atoms with van der Waals surface area (Å²) in [7, 11) is 0. The molecular formula is C43H64N2O3. The van der Waals surface area contributed by atoms with Crippen molar-refractivity contribution in [3.63, 3.8) is 0 Å². The molecule has 4 saturated carbocycles. The molecule has 11 atom stereocenters. The zero-order chi connectivity index (χ0) is 33.9. The first kappa shape index (κ1) is 33.5. The number of hydrogen-bond acceptors (Lipinski definition) is 4. The monoisotopic (exact) mass is 656 g/mol. The molecule has 6 unspecified atom stereocenters. The van der Waals surface area contributed by atoms with Crippen LogP contribution < -0.4 is 5.32 Å². The summed E-state index contributed by atoms with van der Waals surface area (Å²) >= 11 is 0.